The van der Waals surface area contributed by atoms with Crippen LogP contribution in [-0.2, 0) is 0 Å². The highest BCUT2D eigenvalue weighted by Crippen LogP contribution is 2.41. The molecule has 28 heavy (non-hydrogen) atoms. The first-order chi connectivity index (χ1) is 13.7. The van der Waals surface area contributed by atoms with Crippen LogP contribution in [0.25, 0.3) is 16.7 Å². The van der Waals surface area contributed by atoms with Gasteiger partial charge >= 0.3 is 0 Å². The van der Waals surface area contributed by atoms with Gasteiger partial charge in [-0.05, 0) is 41.5 Å². The van der Waals surface area contributed by atoms with Gasteiger partial charge in [-0.2, -0.15) is 0 Å². The monoisotopic (exact) mass is 369 g/mol. The van der Waals surface area contributed by atoms with Crippen LogP contribution in [0, 0.1) is 5.82 Å². The Morgan fingerprint density at radius 3 is 2.61 bits per heavy atom. The second-order valence-electron chi connectivity index (χ2n) is 6.06. The number of hydrogen-bond acceptors (Lipinski definition) is 4. The van der Waals surface area contributed by atoms with Crippen LogP contribution < -0.4 is 4.74 Å². The normalized spacial score (nSPS) is 12.5. The second kappa shape index (κ2) is 7.43. The number of allylic oxidation sites excluding steroid dienone is 2. The van der Waals surface area contributed by atoms with Gasteiger partial charge < -0.3 is 4.74 Å². The zero-order valence-electron chi connectivity index (χ0n) is 15.2. The van der Waals surface area contributed by atoms with Crippen molar-refractivity contribution in [1.29, 1.82) is 0 Å². The van der Waals surface area contributed by atoms with Crippen molar-refractivity contribution in [1.82, 2.24) is 9.97 Å². The molecule has 0 saturated carbocycles. The fourth-order valence-electron chi connectivity index (χ4n) is 3.01. The number of ether oxygens (including phenoxy) is 1. The average Bonchev–Trinajstić information content (AvgIpc) is 2.93. The Hall–Kier alpha value is -3.82. The minimum atomic E-state index is -0.299. The number of fused-ring (bicyclic) bond motifs is 1. The summed E-state index contributed by atoms with van der Waals surface area (Å²) in [5.41, 5.74) is 7.50. The van der Waals surface area contributed by atoms with Gasteiger partial charge in [0.05, 0.1) is 7.11 Å². The Morgan fingerprint density at radius 1 is 1.07 bits per heavy atom. The summed E-state index contributed by atoms with van der Waals surface area (Å²) in [6, 6.07) is 11.9. The fourth-order valence-corrected chi connectivity index (χ4v) is 3.01. The van der Waals surface area contributed by atoms with E-state index in [9.17, 15) is 4.39 Å². The molecule has 0 aliphatic carbocycles. The smallest absolute Gasteiger partial charge is 0.178 e. The van der Waals surface area contributed by atoms with Crippen molar-refractivity contribution in [3.63, 3.8) is 0 Å². The average molecular weight is 369 g/mol. The molecule has 1 aromatic heterocycles. The molecule has 4 rings (SSSR count). The Balaban J connectivity index is 1.97. The molecule has 0 N–H and O–H groups in total. The van der Waals surface area contributed by atoms with Gasteiger partial charge in [-0.25, -0.2) is 19.4 Å². The second-order valence-corrected chi connectivity index (χ2v) is 6.06. The number of halogens is 1. The molecule has 0 atom stereocenters. The quantitative estimate of drug-likeness (QED) is 0.598. The lowest BCUT2D eigenvalue weighted by molar-refractivity contribution is 0.416. The van der Waals surface area contributed by atoms with Crippen molar-refractivity contribution >= 4 is 17.0 Å². The third-order valence-corrected chi connectivity index (χ3v) is 4.34. The van der Waals surface area contributed by atoms with Gasteiger partial charge in [0.2, 0.25) is 0 Å². The van der Waals surface area contributed by atoms with Gasteiger partial charge in [0.1, 0.15) is 23.0 Å². The number of nitrogens with zero attached hydrogens (tertiary/aromatic N) is 3. The van der Waals surface area contributed by atoms with Crippen LogP contribution in [0.1, 0.15) is 11.4 Å². The largest absolute Gasteiger partial charge is 0.494 e. The highest BCUT2D eigenvalue weighted by molar-refractivity contribution is 6.10. The molecule has 0 fully saturated rings. The van der Waals surface area contributed by atoms with Crippen LogP contribution in [0.2, 0.25) is 0 Å². The topological polar surface area (TPSA) is 47.4 Å². The van der Waals surface area contributed by atoms with Gasteiger partial charge in [0, 0.05) is 29.6 Å². The summed E-state index contributed by atoms with van der Waals surface area (Å²) in [4.78, 5) is 13.3. The standard InChI is InChI=1S/C23H16FN3O/c1-3-15-8-9-20(23-25-10-5-11-26-23)27-22-19(15)13-17(14-21(22)28-2)16-6-4-7-18(24)12-16/h3-7,9-14H,1H2,2H3. The highest BCUT2D eigenvalue weighted by Gasteiger charge is 2.18. The summed E-state index contributed by atoms with van der Waals surface area (Å²) in [5, 5.41) is 0. The zero-order chi connectivity index (χ0) is 19.5. The molecule has 136 valence electrons. The van der Waals surface area contributed by atoms with Crippen LogP contribution in [-0.4, -0.2) is 22.8 Å². The molecule has 2 aromatic carbocycles. The van der Waals surface area contributed by atoms with Crippen molar-refractivity contribution < 1.29 is 9.13 Å². The van der Waals surface area contributed by atoms with Gasteiger partial charge in [-0.15, -0.1) is 5.73 Å². The molecular formula is C23H16FN3O. The van der Waals surface area contributed by atoms with Crippen molar-refractivity contribution in [3.05, 3.63) is 96.5 Å². The maximum Gasteiger partial charge on any atom is 0.178 e. The Kier molecular flexibility index (Phi) is 4.67. The van der Waals surface area contributed by atoms with E-state index < -0.39 is 0 Å². The molecule has 0 saturated heterocycles. The summed E-state index contributed by atoms with van der Waals surface area (Å²) in [6.45, 7) is 3.89. The molecule has 3 aromatic rings. The molecule has 5 heteroatoms. The minimum Gasteiger partial charge on any atom is -0.494 e. The summed E-state index contributed by atoms with van der Waals surface area (Å²) in [7, 11) is 1.58. The fraction of sp³-hybridized carbons (Fsp3) is 0.0435. The third kappa shape index (κ3) is 3.27. The Morgan fingerprint density at radius 2 is 1.89 bits per heavy atom. The lowest BCUT2D eigenvalue weighted by atomic mass is 9.97. The minimum absolute atomic E-state index is 0.299. The Bertz CT molecular complexity index is 1160. The van der Waals surface area contributed by atoms with E-state index in [1.54, 1.807) is 43.8 Å². The molecular weight excluding hydrogens is 353 g/mol. The first-order valence-corrected chi connectivity index (χ1v) is 8.63. The first kappa shape index (κ1) is 17.6. The van der Waals surface area contributed by atoms with E-state index in [0.717, 1.165) is 22.3 Å². The number of benzene rings is 2. The third-order valence-electron chi connectivity index (χ3n) is 4.34. The van der Waals surface area contributed by atoms with Crippen LogP contribution in [0.5, 0.6) is 5.75 Å². The van der Waals surface area contributed by atoms with Crippen LogP contribution in [0.15, 0.2) is 84.3 Å². The van der Waals surface area contributed by atoms with E-state index in [0.29, 0.717) is 23.0 Å². The summed E-state index contributed by atoms with van der Waals surface area (Å²) < 4.78 is 19.3. The molecule has 4 nitrogen and oxygen atoms in total. The van der Waals surface area contributed by atoms with Crippen molar-refractivity contribution in [2.24, 2.45) is 4.99 Å². The maximum absolute atomic E-state index is 13.7. The number of aliphatic imine (C=N–C) groups is 1. The Labute approximate surface area is 162 Å². The number of rotatable bonds is 4. The molecule has 1 aliphatic heterocycles. The van der Waals surface area contributed by atoms with Crippen LogP contribution >= 0.6 is 0 Å². The highest BCUT2D eigenvalue weighted by atomic mass is 19.1. The molecule has 0 unspecified atom stereocenters. The maximum atomic E-state index is 13.7. The number of methoxy groups -OCH3 is 1. The van der Waals surface area contributed by atoms with E-state index in [1.807, 2.05) is 18.2 Å². The first-order valence-electron chi connectivity index (χ1n) is 8.63. The van der Waals surface area contributed by atoms with Crippen molar-refractivity contribution in [2.45, 2.75) is 0 Å². The van der Waals surface area contributed by atoms with Gasteiger partial charge in [0.25, 0.3) is 0 Å². The molecule has 0 amide bonds. The van der Waals surface area contributed by atoms with Crippen molar-refractivity contribution in [3.8, 4) is 16.9 Å². The predicted octanol–water partition coefficient (Wildman–Crippen LogP) is 5.15. The van der Waals surface area contributed by atoms with E-state index in [1.165, 1.54) is 12.1 Å². The lowest BCUT2D eigenvalue weighted by Crippen LogP contribution is -2.02. The van der Waals surface area contributed by atoms with E-state index in [4.69, 9.17) is 9.73 Å². The summed E-state index contributed by atoms with van der Waals surface area (Å²) >= 11 is 0. The number of hydrogen-bond donors (Lipinski definition) is 0. The molecule has 0 bridgehead atoms. The molecule has 0 spiro atoms. The van der Waals surface area contributed by atoms with Crippen LogP contribution in [0.4, 0.5) is 10.1 Å². The van der Waals surface area contributed by atoms with E-state index >= 15 is 0 Å². The predicted molar refractivity (Wildman–Crippen MR) is 108 cm³/mol. The summed E-state index contributed by atoms with van der Waals surface area (Å²) in [6.07, 6.45) is 6.75. The lowest BCUT2D eigenvalue weighted by Gasteiger charge is -2.13. The molecule has 2 heterocycles. The SMILES string of the molecule is C=CC1=C=CC(c2ncccn2)=Nc2c(OC)cc(-c3cccc(F)c3)cc21. The van der Waals surface area contributed by atoms with Gasteiger partial charge in [-0.1, -0.05) is 24.8 Å². The van der Waals surface area contributed by atoms with Gasteiger partial charge in [-0.3, -0.25) is 0 Å². The van der Waals surface area contributed by atoms with E-state index in [-0.39, 0.29) is 5.82 Å². The zero-order valence-corrected chi connectivity index (χ0v) is 15.2. The van der Waals surface area contributed by atoms with Crippen LogP contribution in [0.3, 0.4) is 0 Å². The molecule has 1 aliphatic rings. The summed E-state index contributed by atoms with van der Waals surface area (Å²) in [5.74, 6) is 0.747. The number of aromatic nitrogens is 2. The molecule has 0 radical (unpaired) electrons. The van der Waals surface area contributed by atoms with E-state index in [2.05, 4.69) is 22.3 Å². The van der Waals surface area contributed by atoms with Crippen molar-refractivity contribution in [2.75, 3.05) is 7.11 Å². The van der Waals surface area contributed by atoms with Gasteiger partial charge in [0.15, 0.2) is 5.82 Å².